The van der Waals surface area contributed by atoms with Crippen molar-refractivity contribution in [2.45, 2.75) is 5.79 Å². The molecule has 0 radical (unpaired) electrons. The Morgan fingerprint density at radius 3 is 2.40 bits per heavy atom. The number of nitro benzene ring substituents is 1. The average Bonchev–Trinajstić information content (AvgIpc) is 2.66. The summed E-state index contributed by atoms with van der Waals surface area (Å²) in [5.74, 6) is -0.543. The number of rotatable bonds is 5. The zero-order valence-corrected chi connectivity index (χ0v) is 14.4. The number of hydrogen-bond donors (Lipinski definition) is 4. The molecule has 1 heterocycles. The summed E-state index contributed by atoms with van der Waals surface area (Å²) in [4.78, 5) is 10.6. The smallest absolute Gasteiger partial charge is 0.270 e. The fourth-order valence-electron chi connectivity index (χ4n) is 3.00. The third kappa shape index (κ3) is 3.07. The van der Waals surface area contributed by atoms with Gasteiger partial charge in [0.2, 0.25) is 0 Å². The zero-order chi connectivity index (χ0) is 18.0. The fourth-order valence-corrected chi connectivity index (χ4v) is 3.00. The van der Waals surface area contributed by atoms with Crippen LogP contribution in [0.4, 0.5) is 11.4 Å². The molecule has 2 aromatic carbocycles. The second-order valence-electron chi connectivity index (χ2n) is 5.81. The van der Waals surface area contributed by atoms with E-state index in [-0.39, 0.29) is 10.6 Å². The molecule has 0 amide bonds. The van der Waals surface area contributed by atoms with Gasteiger partial charge in [0.15, 0.2) is 5.79 Å². The highest BCUT2D eigenvalue weighted by molar-refractivity contribution is 5.84. The van der Waals surface area contributed by atoms with Crippen molar-refractivity contribution in [1.82, 2.24) is 16.0 Å². The highest BCUT2D eigenvalue weighted by Crippen LogP contribution is 2.34. The second kappa shape index (κ2) is 6.54. The van der Waals surface area contributed by atoms with E-state index in [1.54, 1.807) is 12.1 Å². The van der Waals surface area contributed by atoms with Gasteiger partial charge >= 0.3 is 0 Å². The molecule has 0 unspecified atom stereocenters. The number of hydrogen-bond acceptors (Lipinski definition) is 6. The molecule has 25 heavy (non-hydrogen) atoms. The lowest BCUT2D eigenvalue weighted by atomic mass is 9.96. The van der Waals surface area contributed by atoms with Crippen LogP contribution in [-0.2, 0) is 0 Å². The lowest BCUT2D eigenvalue weighted by molar-refractivity contribution is -0.384. The van der Waals surface area contributed by atoms with E-state index in [0.29, 0.717) is 0 Å². The SMILES string of the molecule is CNC1=CC(NC)(NC)Nc2ccc(-c3cccc([N+](=O)[O-])c3)cc21. The molecule has 1 aliphatic rings. The number of nitro groups is 1. The topological polar surface area (TPSA) is 91.3 Å². The first kappa shape index (κ1) is 16.9. The molecule has 0 saturated heterocycles. The number of non-ortho nitro benzene ring substituents is 1. The predicted octanol–water partition coefficient (Wildman–Crippen LogP) is 2.34. The Labute approximate surface area is 146 Å². The Bertz CT molecular complexity index is 843. The van der Waals surface area contributed by atoms with Crippen LogP contribution in [0.3, 0.4) is 0 Å². The number of nitrogens with one attached hydrogen (secondary N) is 4. The molecule has 0 aliphatic carbocycles. The molecule has 3 rings (SSSR count). The zero-order valence-electron chi connectivity index (χ0n) is 14.4. The maximum absolute atomic E-state index is 11.0. The van der Waals surface area contributed by atoms with Crippen LogP contribution in [-0.4, -0.2) is 31.9 Å². The van der Waals surface area contributed by atoms with E-state index in [1.165, 1.54) is 6.07 Å². The first-order chi connectivity index (χ1) is 12.0. The molecule has 4 N–H and O–H groups in total. The lowest BCUT2D eigenvalue weighted by Gasteiger charge is -2.37. The van der Waals surface area contributed by atoms with E-state index in [2.05, 4.69) is 21.3 Å². The van der Waals surface area contributed by atoms with Gasteiger partial charge in [-0.25, -0.2) is 0 Å². The summed E-state index contributed by atoms with van der Waals surface area (Å²) in [7, 11) is 5.61. The number of likely N-dealkylation sites (N-methyl/N-ethyl adjacent to an activating group) is 2. The first-order valence-corrected chi connectivity index (χ1v) is 7.98. The van der Waals surface area contributed by atoms with E-state index >= 15 is 0 Å². The maximum Gasteiger partial charge on any atom is 0.270 e. The molecule has 7 nitrogen and oxygen atoms in total. The molecular weight excluding hydrogens is 318 g/mol. The second-order valence-corrected chi connectivity index (χ2v) is 5.81. The van der Waals surface area contributed by atoms with Crippen LogP contribution in [0, 0.1) is 10.1 Å². The van der Waals surface area contributed by atoms with Crippen molar-refractivity contribution < 1.29 is 4.92 Å². The van der Waals surface area contributed by atoms with Crippen LogP contribution in [0.2, 0.25) is 0 Å². The summed E-state index contributed by atoms with van der Waals surface area (Å²) in [6.45, 7) is 0. The normalized spacial score (nSPS) is 14.9. The van der Waals surface area contributed by atoms with Gasteiger partial charge in [-0.1, -0.05) is 18.2 Å². The van der Waals surface area contributed by atoms with Crippen LogP contribution in [0.15, 0.2) is 48.5 Å². The highest BCUT2D eigenvalue weighted by Gasteiger charge is 2.30. The van der Waals surface area contributed by atoms with E-state index in [9.17, 15) is 10.1 Å². The molecule has 0 saturated carbocycles. The largest absolute Gasteiger partial charge is 0.388 e. The van der Waals surface area contributed by atoms with Crippen molar-refractivity contribution >= 4 is 17.1 Å². The molecule has 0 aromatic heterocycles. The van der Waals surface area contributed by atoms with Crippen molar-refractivity contribution in [3.63, 3.8) is 0 Å². The van der Waals surface area contributed by atoms with E-state index in [1.807, 2.05) is 51.5 Å². The van der Waals surface area contributed by atoms with Gasteiger partial charge in [0.05, 0.1) is 4.92 Å². The number of fused-ring (bicyclic) bond motifs is 1. The monoisotopic (exact) mass is 339 g/mol. The van der Waals surface area contributed by atoms with Crippen molar-refractivity contribution in [2.24, 2.45) is 0 Å². The molecular formula is C18H21N5O2. The lowest BCUT2D eigenvalue weighted by Crippen LogP contribution is -2.60. The van der Waals surface area contributed by atoms with E-state index < -0.39 is 5.79 Å². The molecule has 1 aliphatic heterocycles. The molecule has 0 atom stereocenters. The minimum absolute atomic E-state index is 0.0853. The summed E-state index contributed by atoms with van der Waals surface area (Å²) in [6, 6.07) is 12.6. The summed E-state index contributed by atoms with van der Waals surface area (Å²) < 4.78 is 0. The summed E-state index contributed by atoms with van der Waals surface area (Å²) in [5, 5.41) is 24.1. The van der Waals surface area contributed by atoms with Gasteiger partial charge in [0, 0.05) is 36.1 Å². The van der Waals surface area contributed by atoms with Crippen molar-refractivity contribution in [3.05, 3.63) is 64.2 Å². The molecule has 130 valence electrons. The molecule has 0 bridgehead atoms. The highest BCUT2D eigenvalue weighted by atomic mass is 16.6. The van der Waals surface area contributed by atoms with Crippen LogP contribution in [0.5, 0.6) is 0 Å². The van der Waals surface area contributed by atoms with Gasteiger partial charge in [-0.05, 0) is 43.4 Å². The Hall–Kier alpha value is -2.90. The van der Waals surface area contributed by atoms with Gasteiger partial charge in [0.1, 0.15) is 0 Å². The Balaban J connectivity index is 2.07. The predicted molar refractivity (Wildman–Crippen MR) is 100 cm³/mol. The molecule has 2 aromatic rings. The number of anilines is 1. The average molecular weight is 339 g/mol. The third-order valence-corrected chi connectivity index (χ3v) is 4.45. The van der Waals surface area contributed by atoms with Gasteiger partial charge in [-0.15, -0.1) is 0 Å². The minimum Gasteiger partial charge on any atom is -0.388 e. The van der Waals surface area contributed by atoms with Gasteiger partial charge < -0.3 is 10.6 Å². The molecule has 0 fully saturated rings. The first-order valence-electron chi connectivity index (χ1n) is 7.98. The van der Waals surface area contributed by atoms with Crippen molar-refractivity contribution in [3.8, 4) is 11.1 Å². The van der Waals surface area contributed by atoms with Crippen molar-refractivity contribution in [2.75, 3.05) is 26.5 Å². The summed E-state index contributed by atoms with van der Waals surface area (Å²) >= 11 is 0. The maximum atomic E-state index is 11.0. The minimum atomic E-state index is -0.543. The Morgan fingerprint density at radius 2 is 1.76 bits per heavy atom. The van der Waals surface area contributed by atoms with Crippen molar-refractivity contribution in [1.29, 1.82) is 0 Å². The Morgan fingerprint density at radius 1 is 1.04 bits per heavy atom. The summed E-state index contributed by atoms with van der Waals surface area (Å²) in [5.41, 5.74) is 4.75. The van der Waals surface area contributed by atoms with E-state index in [0.717, 1.165) is 28.1 Å². The van der Waals surface area contributed by atoms with Gasteiger partial charge in [0.25, 0.3) is 5.69 Å². The van der Waals surface area contributed by atoms with Crippen LogP contribution in [0.25, 0.3) is 16.8 Å². The van der Waals surface area contributed by atoms with E-state index in [4.69, 9.17) is 0 Å². The summed E-state index contributed by atoms with van der Waals surface area (Å²) in [6.07, 6.45) is 2.03. The molecule has 7 heteroatoms. The number of nitrogens with zero attached hydrogens (tertiary/aromatic N) is 1. The van der Waals surface area contributed by atoms with Gasteiger partial charge in [-0.3, -0.25) is 20.7 Å². The quantitative estimate of drug-likeness (QED) is 0.380. The molecule has 0 spiro atoms. The number of benzene rings is 2. The van der Waals surface area contributed by atoms with Crippen LogP contribution >= 0.6 is 0 Å². The van der Waals surface area contributed by atoms with Gasteiger partial charge in [-0.2, -0.15) is 0 Å². The van der Waals surface area contributed by atoms with Crippen LogP contribution in [0.1, 0.15) is 5.56 Å². The standard InChI is InChI=1S/C18H21N5O2/c1-19-17-11-18(20-2,21-3)22-16-8-7-13(10-15(16)17)12-5-4-6-14(9-12)23(24)25/h4-11,19-22H,1-3H3. The Kier molecular flexibility index (Phi) is 4.43. The third-order valence-electron chi connectivity index (χ3n) is 4.45. The fraction of sp³-hybridized carbons (Fsp3) is 0.222. The van der Waals surface area contributed by atoms with Crippen LogP contribution < -0.4 is 21.3 Å².